The van der Waals surface area contributed by atoms with E-state index >= 15 is 0 Å². The third kappa shape index (κ3) is 4.12. The first-order chi connectivity index (χ1) is 6.24. The molecule has 3 unspecified atom stereocenters. The topological polar surface area (TPSA) is 0 Å². The van der Waals surface area contributed by atoms with Crippen molar-refractivity contribution >= 4 is 23.4 Å². The molecule has 2 heteroatoms. The van der Waals surface area contributed by atoms with Crippen LogP contribution >= 0.6 is 23.4 Å². The van der Waals surface area contributed by atoms with E-state index in [2.05, 4.69) is 13.2 Å². The second-order valence-electron chi connectivity index (χ2n) is 4.33. The number of alkyl halides is 1. The predicted molar refractivity (Wildman–Crippen MR) is 63.8 cm³/mol. The van der Waals surface area contributed by atoms with Crippen molar-refractivity contribution in [1.29, 1.82) is 0 Å². The monoisotopic (exact) mass is 220 g/mol. The quantitative estimate of drug-likeness (QED) is 0.506. The zero-order chi connectivity index (χ0) is 9.68. The van der Waals surface area contributed by atoms with Gasteiger partial charge in [0, 0.05) is 5.38 Å². The molecular weight excluding hydrogens is 200 g/mol. The molecule has 1 aliphatic rings. The van der Waals surface area contributed by atoms with Gasteiger partial charge in [-0.2, -0.15) is 11.8 Å². The van der Waals surface area contributed by atoms with Gasteiger partial charge in [-0.25, -0.2) is 0 Å². The van der Waals surface area contributed by atoms with Crippen LogP contribution in [0.2, 0.25) is 0 Å². The van der Waals surface area contributed by atoms with Crippen molar-refractivity contribution < 1.29 is 0 Å². The summed E-state index contributed by atoms with van der Waals surface area (Å²) >= 11 is 8.27. The first kappa shape index (κ1) is 11.7. The molecule has 1 aliphatic carbocycles. The first-order valence-electron chi connectivity index (χ1n) is 5.37. The lowest BCUT2D eigenvalue weighted by atomic mass is 9.80. The molecule has 0 saturated heterocycles. The van der Waals surface area contributed by atoms with E-state index in [-0.39, 0.29) is 0 Å². The minimum absolute atomic E-state index is 0.470. The highest BCUT2D eigenvalue weighted by Crippen LogP contribution is 2.35. The lowest BCUT2D eigenvalue weighted by Crippen LogP contribution is -2.24. The third-order valence-electron chi connectivity index (χ3n) is 3.08. The molecule has 0 aliphatic heterocycles. The summed E-state index contributed by atoms with van der Waals surface area (Å²) in [6.07, 6.45) is 8.82. The van der Waals surface area contributed by atoms with Crippen LogP contribution in [0.3, 0.4) is 0 Å². The van der Waals surface area contributed by atoms with Crippen LogP contribution in [-0.4, -0.2) is 17.4 Å². The molecule has 1 rings (SSSR count). The van der Waals surface area contributed by atoms with Gasteiger partial charge in [-0.15, -0.1) is 11.6 Å². The standard InChI is InChI=1S/C11H21ClS/c1-9-5-6-11(12)10(8-9)4-3-7-13-2/h9-11H,3-8H2,1-2H3. The van der Waals surface area contributed by atoms with Crippen molar-refractivity contribution in [3.05, 3.63) is 0 Å². The Balaban J connectivity index is 2.21. The smallest absolute Gasteiger partial charge is 0.0364 e. The maximum Gasteiger partial charge on any atom is 0.0364 e. The van der Waals surface area contributed by atoms with Crippen LogP contribution in [0.1, 0.15) is 39.0 Å². The summed E-state index contributed by atoms with van der Waals surface area (Å²) in [5.41, 5.74) is 0. The Kier molecular flexibility index (Phi) is 5.57. The van der Waals surface area contributed by atoms with Crippen LogP contribution in [0.25, 0.3) is 0 Å². The van der Waals surface area contributed by atoms with Crippen LogP contribution in [0, 0.1) is 11.8 Å². The van der Waals surface area contributed by atoms with E-state index in [1.54, 1.807) is 0 Å². The highest BCUT2D eigenvalue weighted by atomic mass is 35.5. The lowest BCUT2D eigenvalue weighted by Gasteiger charge is -2.31. The normalized spacial score (nSPS) is 34.8. The molecule has 0 aromatic rings. The second-order valence-corrected chi connectivity index (χ2v) is 5.88. The summed E-state index contributed by atoms with van der Waals surface area (Å²) in [5.74, 6) is 3.01. The van der Waals surface area contributed by atoms with E-state index < -0.39 is 0 Å². The van der Waals surface area contributed by atoms with E-state index in [9.17, 15) is 0 Å². The fraction of sp³-hybridized carbons (Fsp3) is 1.00. The lowest BCUT2D eigenvalue weighted by molar-refractivity contribution is 0.274. The van der Waals surface area contributed by atoms with Gasteiger partial charge in [-0.3, -0.25) is 0 Å². The summed E-state index contributed by atoms with van der Waals surface area (Å²) in [6, 6.07) is 0. The molecule has 0 heterocycles. The predicted octanol–water partition coefficient (Wildman–Crippen LogP) is 4.17. The molecular formula is C11H21ClS. The number of halogens is 1. The molecule has 0 aromatic carbocycles. The van der Waals surface area contributed by atoms with Gasteiger partial charge in [-0.1, -0.05) is 6.92 Å². The van der Waals surface area contributed by atoms with Gasteiger partial charge >= 0.3 is 0 Å². The van der Waals surface area contributed by atoms with Crippen molar-refractivity contribution in [1.82, 2.24) is 0 Å². The fourth-order valence-electron chi connectivity index (χ4n) is 2.25. The van der Waals surface area contributed by atoms with E-state index in [0.29, 0.717) is 5.38 Å². The van der Waals surface area contributed by atoms with Gasteiger partial charge in [0.05, 0.1) is 0 Å². The van der Waals surface area contributed by atoms with Gasteiger partial charge < -0.3 is 0 Å². The SMILES string of the molecule is CSCCCC1CC(C)CCC1Cl. The molecule has 0 bridgehead atoms. The highest BCUT2D eigenvalue weighted by molar-refractivity contribution is 7.98. The summed E-state index contributed by atoms with van der Waals surface area (Å²) in [4.78, 5) is 0. The Hall–Kier alpha value is 0.640. The first-order valence-corrected chi connectivity index (χ1v) is 7.20. The van der Waals surface area contributed by atoms with Crippen molar-refractivity contribution in [2.45, 2.75) is 44.4 Å². The molecule has 1 saturated carbocycles. The van der Waals surface area contributed by atoms with Crippen molar-refractivity contribution in [2.24, 2.45) is 11.8 Å². The summed E-state index contributed by atoms with van der Waals surface area (Å²) in [5, 5.41) is 0.470. The number of hydrogen-bond acceptors (Lipinski definition) is 1. The van der Waals surface area contributed by atoms with Crippen molar-refractivity contribution in [2.75, 3.05) is 12.0 Å². The zero-order valence-corrected chi connectivity index (χ0v) is 10.3. The van der Waals surface area contributed by atoms with E-state index in [0.717, 1.165) is 11.8 Å². The maximum atomic E-state index is 6.32. The minimum Gasteiger partial charge on any atom is -0.165 e. The van der Waals surface area contributed by atoms with Gasteiger partial charge in [0.15, 0.2) is 0 Å². The summed E-state index contributed by atoms with van der Waals surface area (Å²) in [6.45, 7) is 2.37. The van der Waals surface area contributed by atoms with Crippen LogP contribution < -0.4 is 0 Å². The maximum absolute atomic E-state index is 6.32. The molecule has 78 valence electrons. The molecule has 0 radical (unpaired) electrons. The molecule has 1 fully saturated rings. The second kappa shape index (κ2) is 6.19. The van der Waals surface area contributed by atoms with Crippen molar-refractivity contribution in [3.63, 3.8) is 0 Å². The molecule has 3 atom stereocenters. The summed E-state index contributed by atoms with van der Waals surface area (Å²) in [7, 11) is 0. The largest absolute Gasteiger partial charge is 0.165 e. The Morgan fingerprint density at radius 2 is 2.15 bits per heavy atom. The number of thioether (sulfide) groups is 1. The van der Waals surface area contributed by atoms with Crippen molar-refractivity contribution in [3.8, 4) is 0 Å². The van der Waals surface area contributed by atoms with Crippen LogP contribution in [-0.2, 0) is 0 Å². The molecule has 0 N–H and O–H groups in total. The van der Waals surface area contributed by atoms with E-state index in [1.807, 2.05) is 11.8 Å². The molecule has 0 spiro atoms. The minimum atomic E-state index is 0.470. The van der Waals surface area contributed by atoms with E-state index in [1.165, 1.54) is 37.9 Å². The fourth-order valence-corrected chi connectivity index (χ4v) is 3.06. The van der Waals surface area contributed by atoms with Crippen LogP contribution in [0.15, 0.2) is 0 Å². The molecule has 13 heavy (non-hydrogen) atoms. The average molecular weight is 221 g/mol. The Morgan fingerprint density at radius 1 is 1.38 bits per heavy atom. The Bertz CT molecular complexity index is 138. The number of rotatable bonds is 4. The van der Waals surface area contributed by atoms with Gasteiger partial charge in [0.1, 0.15) is 0 Å². The summed E-state index contributed by atoms with van der Waals surface area (Å²) < 4.78 is 0. The van der Waals surface area contributed by atoms with Crippen LogP contribution in [0.4, 0.5) is 0 Å². The van der Waals surface area contributed by atoms with Gasteiger partial charge in [-0.05, 0) is 55.9 Å². The number of hydrogen-bond donors (Lipinski definition) is 0. The Labute approximate surface area is 91.8 Å². The Morgan fingerprint density at radius 3 is 2.85 bits per heavy atom. The molecule has 0 amide bonds. The average Bonchev–Trinajstić information content (AvgIpc) is 2.11. The van der Waals surface area contributed by atoms with Gasteiger partial charge in [0.2, 0.25) is 0 Å². The highest BCUT2D eigenvalue weighted by Gasteiger charge is 2.26. The molecule has 0 nitrogen and oxygen atoms in total. The van der Waals surface area contributed by atoms with Gasteiger partial charge in [0.25, 0.3) is 0 Å². The third-order valence-corrected chi connectivity index (χ3v) is 4.35. The zero-order valence-electron chi connectivity index (χ0n) is 8.76. The van der Waals surface area contributed by atoms with E-state index in [4.69, 9.17) is 11.6 Å². The van der Waals surface area contributed by atoms with Crippen LogP contribution in [0.5, 0.6) is 0 Å². The molecule has 0 aromatic heterocycles.